The molecule has 98 valence electrons. The van der Waals surface area contributed by atoms with Crippen molar-refractivity contribution in [3.63, 3.8) is 0 Å². The van der Waals surface area contributed by atoms with Crippen LogP contribution in [0.4, 0.5) is 0 Å². The quantitative estimate of drug-likeness (QED) is 0.501. The van der Waals surface area contributed by atoms with Gasteiger partial charge in [0.1, 0.15) is 0 Å². The summed E-state index contributed by atoms with van der Waals surface area (Å²) in [5.41, 5.74) is 2.12. The van der Waals surface area contributed by atoms with E-state index in [0.29, 0.717) is 5.33 Å². The van der Waals surface area contributed by atoms with Crippen LogP contribution >= 0.6 is 43.2 Å². The van der Waals surface area contributed by atoms with E-state index >= 15 is 0 Å². The first kappa shape index (κ1) is 14.4. The van der Waals surface area contributed by atoms with Gasteiger partial charge in [0, 0.05) is 0 Å². The molecule has 3 nitrogen and oxygen atoms in total. The van der Waals surface area contributed by atoms with E-state index in [1.54, 1.807) is 6.33 Å². The van der Waals surface area contributed by atoms with E-state index in [1.165, 1.54) is 11.3 Å². The third kappa shape index (κ3) is 3.99. The first-order valence-corrected chi connectivity index (χ1v) is 8.16. The Morgan fingerprint density at radius 2 is 2.05 bits per heavy atom. The highest BCUT2D eigenvalue weighted by Gasteiger charge is 2.05. The van der Waals surface area contributed by atoms with E-state index in [0.717, 1.165) is 19.7 Å². The van der Waals surface area contributed by atoms with Gasteiger partial charge in [-0.15, -0.1) is 11.3 Å². The molecule has 0 atom stereocenters. The number of aromatic amines is 1. The number of alkyl halides is 1. The van der Waals surface area contributed by atoms with Crippen LogP contribution in [0.1, 0.15) is 9.67 Å². The number of rotatable bonds is 2. The van der Waals surface area contributed by atoms with Gasteiger partial charge in [-0.2, -0.15) is 0 Å². The zero-order valence-corrected chi connectivity index (χ0v) is 13.8. The van der Waals surface area contributed by atoms with Crippen molar-refractivity contribution in [3.8, 4) is 0 Å². The maximum Gasteiger partial charge on any atom is 0.183 e. The lowest BCUT2D eigenvalue weighted by Gasteiger charge is -1.85. The smallest absolute Gasteiger partial charge is 0.183 e. The largest absolute Gasteiger partial charge is 0.345 e. The lowest BCUT2D eigenvalue weighted by molar-refractivity contribution is 0.102. The van der Waals surface area contributed by atoms with Gasteiger partial charge in [-0.25, -0.2) is 4.98 Å². The van der Waals surface area contributed by atoms with Crippen LogP contribution in [0.15, 0.2) is 46.5 Å². The maximum absolute atomic E-state index is 11.0. The second-order valence-electron chi connectivity index (χ2n) is 3.58. The highest BCUT2D eigenvalue weighted by atomic mass is 79.9. The van der Waals surface area contributed by atoms with Crippen molar-refractivity contribution in [2.24, 2.45) is 0 Å². The van der Waals surface area contributed by atoms with Crippen LogP contribution in [-0.2, 0) is 0 Å². The van der Waals surface area contributed by atoms with Crippen LogP contribution < -0.4 is 0 Å². The Hall–Kier alpha value is -0.980. The number of ketones is 1. The standard InChI is InChI=1S/C7H6N2.C6H4Br2OS/c1-2-4-7-6(3-1)8-5-9-7;7-3-4(9)5-1-2-6(8)10-5/h1-5H,(H,8,9);1-2H,3H2. The Bertz CT molecular complexity index is 648. The van der Waals surface area contributed by atoms with Crippen molar-refractivity contribution in [1.82, 2.24) is 9.97 Å². The molecule has 0 amide bonds. The van der Waals surface area contributed by atoms with Gasteiger partial charge in [0.25, 0.3) is 0 Å². The molecule has 0 spiro atoms. The Kier molecular flexibility index (Phi) is 5.30. The molecule has 0 aliphatic rings. The SMILES string of the molecule is O=C(CBr)c1ccc(Br)s1.c1ccc2[nH]cnc2c1. The van der Waals surface area contributed by atoms with Crippen molar-refractivity contribution in [2.45, 2.75) is 0 Å². The normalized spacial score (nSPS) is 10.0. The Morgan fingerprint density at radius 3 is 2.68 bits per heavy atom. The number of Topliss-reactive ketones (excluding diaryl/α,β-unsaturated/α-hetero) is 1. The van der Waals surface area contributed by atoms with Crippen LogP contribution in [0, 0.1) is 0 Å². The number of para-hydroxylation sites is 2. The monoisotopic (exact) mass is 400 g/mol. The van der Waals surface area contributed by atoms with Crippen molar-refractivity contribution < 1.29 is 4.79 Å². The van der Waals surface area contributed by atoms with Crippen LogP contribution in [0.2, 0.25) is 0 Å². The molecule has 0 fully saturated rings. The summed E-state index contributed by atoms with van der Waals surface area (Å²) in [7, 11) is 0. The summed E-state index contributed by atoms with van der Waals surface area (Å²) in [4.78, 5) is 18.8. The van der Waals surface area contributed by atoms with Gasteiger partial charge in [0.2, 0.25) is 0 Å². The number of hydrogen-bond acceptors (Lipinski definition) is 3. The molecule has 0 aliphatic carbocycles. The first-order valence-electron chi connectivity index (χ1n) is 5.43. The summed E-state index contributed by atoms with van der Waals surface area (Å²) < 4.78 is 0.997. The highest BCUT2D eigenvalue weighted by Crippen LogP contribution is 2.22. The fourth-order valence-electron chi connectivity index (χ4n) is 1.41. The van der Waals surface area contributed by atoms with Crippen LogP contribution in [0.25, 0.3) is 11.0 Å². The number of nitrogens with zero attached hydrogens (tertiary/aromatic N) is 1. The number of fused-ring (bicyclic) bond motifs is 1. The summed E-state index contributed by atoms with van der Waals surface area (Å²) in [6.45, 7) is 0. The lowest BCUT2D eigenvalue weighted by Crippen LogP contribution is -1.94. The molecule has 3 aromatic rings. The highest BCUT2D eigenvalue weighted by molar-refractivity contribution is 9.11. The topological polar surface area (TPSA) is 45.8 Å². The van der Waals surface area contributed by atoms with Gasteiger partial charge in [0.15, 0.2) is 5.78 Å². The fourth-order valence-corrected chi connectivity index (χ4v) is 3.22. The molecule has 0 aliphatic heterocycles. The number of H-pyrrole nitrogens is 1. The molecule has 3 rings (SSSR count). The summed E-state index contributed by atoms with van der Waals surface area (Å²) in [5, 5.41) is 0.403. The molecule has 1 N–H and O–H groups in total. The molecule has 1 aromatic carbocycles. The molecular formula is C13H10Br2N2OS. The molecule has 0 saturated heterocycles. The Balaban J connectivity index is 0.000000141. The number of halogens is 2. The molecule has 0 radical (unpaired) electrons. The zero-order valence-electron chi connectivity index (χ0n) is 9.77. The average molecular weight is 402 g/mol. The number of nitrogens with one attached hydrogen (secondary N) is 1. The molecule has 2 heterocycles. The van der Waals surface area contributed by atoms with Crippen LogP contribution in [0.3, 0.4) is 0 Å². The van der Waals surface area contributed by atoms with E-state index in [4.69, 9.17) is 0 Å². The summed E-state index contributed by atoms with van der Waals surface area (Å²) in [5.74, 6) is 0.135. The molecule has 0 unspecified atom stereocenters. The summed E-state index contributed by atoms with van der Waals surface area (Å²) in [6, 6.07) is 11.6. The zero-order chi connectivity index (χ0) is 13.7. The number of carbonyl (C=O) groups excluding carboxylic acids is 1. The minimum atomic E-state index is 0.135. The molecule has 0 bridgehead atoms. The second-order valence-corrected chi connectivity index (χ2v) is 6.60. The first-order chi connectivity index (χ1) is 9.20. The van der Waals surface area contributed by atoms with Gasteiger partial charge in [0.05, 0.1) is 31.4 Å². The van der Waals surface area contributed by atoms with Crippen molar-refractivity contribution in [1.29, 1.82) is 0 Å². The van der Waals surface area contributed by atoms with Gasteiger partial charge < -0.3 is 4.98 Å². The predicted octanol–water partition coefficient (Wildman–Crippen LogP) is 4.65. The van der Waals surface area contributed by atoms with Crippen molar-refractivity contribution in [3.05, 3.63) is 51.4 Å². The van der Waals surface area contributed by atoms with Crippen LogP contribution in [-0.4, -0.2) is 21.1 Å². The van der Waals surface area contributed by atoms with E-state index in [9.17, 15) is 4.79 Å². The number of hydrogen-bond donors (Lipinski definition) is 1. The van der Waals surface area contributed by atoms with E-state index in [2.05, 4.69) is 41.8 Å². The van der Waals surface area contributed by atoms with E-state index in [-0.39, 0.29) is 5.78 Å². The van der Waals surface area contributed by atoms with Crippen LogP contribution in [0.5, 0.6) is 0 Å². The summed E-state index contributed by atoms with van der Waals surface area (Å²) >= 11 is 7.84. The molecular weight excluding hydrogens is 392 g/mol. The summed E-state index contributed by atoms with van der Waals surface area (Å²) in [6.07, 6.45) is 1.70. The average Bonchev–Trinajstić information content (AvgIpc) is 3.07. The molecule has 2 aromatic heterocycles. The number of aromatic nitrogens is 2. The predicted molar refractivity (Wildman–Crippen MR) is 86.2 cm³/mol. The maximum atomic E-state index is 11.0. The fraction of sp³-hybridized carbons (Fsp3) is 0.0769. The van der Waals surface area contributed by atoms with Crippen molar-refractivity contribution in [2.75, 3.05) is 5.33 Å². The lowest BCUT2D eigenvalue weighted by atomic mass is 10.3. The molecule has 19 heavy (non-hydrogen) atoms. The third-order valence-corrected chi connectivity index (χ3v) is 4.47. The Morgan fingerprint density at radius 1 is 1.26 bits per heavy atom. The van der Waals surface area contributed by atoms with Gasteiger partial charge >= 0.3 is 0 Å². The molecule has 0 saturated carbocycles. The number of thiophene rings is 1. The van der Waals surface area contributed by atoms with Gasteiger partial charge in [-0.1, -0.05) is 28.1 Å². The number of benzene rings is 1. The molecule has 6 heteroatoms. The minimum absolute atomic E-state index is 0.135. The van der Waals surface area contributed by atoms with Crippen molar-refractivity contribution >= 4 is 60.0 Å². The number of imidazole rings is 1. The third-order valence-electron chi connectivity index (χ3n) is 2.30. The second kappa shape index (κ2) is 6.98. The van der Waals surface area contributed by atoms with Gasteiger partial charge in [-0.3, -0.25) is 4.79 Å². The number of carbonyl (C=O) groups is 1. The van der Waals surface area contributed by atoms with E-state index < -0.39 is 0 Å². The van der Waals surface area contributed by atoms with Gasteiger partial charge in [-0.05, 0) is 40.2 Å². The van der Waals surface area contributed by atoms with E-state index in [1.807, 2.05) is 36.4 Å². The minimum Gasteiger partial charge on any atom is -0.345 e. The Labute approximate surface area is 131 Å².